The second-order valence-corrected chi connectivity index (χ2v) is 10.1. The van der Waals surface area contributed by atoms with Gasteiger partial charge in [0.1, 0.15) is 30.9 Å². The van der Waals surface area contributed by atoms with Crippen molar-refractivity contribution < 1.29 is 42.4 Å². The molecule has 2 heterocycles. The Hall–Kier alpha value is -3.95. The molecule has 1 amide bonds. The Morgan fingerprint density at radius 3 is 2.64 bits per heavy atom. The van der Waals surface area contributed by atoms with Gasteiger partial charge >= 0.3 is 6.09 Å². The van der Waals surface area contributed by atoms with Crippen molar-refractivity contribution in [2.45, 2.75) is 37.3 Å². The van der Waals surface area contributed by atoms with Gasteiger partial charge in [0.25, 0.3) is 0 Å². The Morgan fingerprint density at radius 2 is 1.95 bits per heavy atom. The first-order valence-corrected chi connectivity index (χ1v) is 13.6. The number of hydrogen-bond acceptors (Lipinski definition) is 8. The maximum absolute atomic E-state index is 16.1. The van der Waals surface area contributed by atoms with Crippen LogP contribution in [0.2, 0.25) is 5.02 Å². The number of rotatable bonds is 9. The highest BCUT2D eigenvalue weighted by atomic mass is 35.5. The van der Waals surface area contributed by atoms with Gasteiger partial charge in [-0.15, -0.1) is 0 Å². The summed E-state index contributed by atoms with van der Waals surface area (Å²) in [5.74, 6) is -2.43. The first-order chi connectivity index (χ1) is 20.3. The van der Waals surface area contributed by atoms with E-state index in [2.05, 4.69) is 0 Å². The summed E-state index contributed by atoms with van der Waals surface area (Å²) in [7, 11) is 0. The van der Waals surface area contributed by atoms with Crippen molar-refractivity contribution in [3.8, 4) is 28.7 Å². The topological polar surface area (TPSA) is 133 Å². The van der Waals surface area contributed by atoms with Crippen LogP contribution >= 0.6 is 11.6 Å². The highest BCUT2D eigenvalue weighted by molar-refractivity contribution is 6.34. The minimum Gasteiger partial charge on any atom is -0.488 e. The molecule has 9 nitrogen and oxygen atoms in total. The van der Waals surface area contributed by atoms with E-state index in [1.165, 1.54) is 12.1 Å². The predicted octanol–water partition coefficient (Wildman–Crippen LogP) is 5.50. The van der Waals surface area contributed by atoms with E-state index in [9.17, 15) is 15.2 Å². The average molecular weight is 601 g/mol. The SMILES string of the molecule is N#Cc1ccc(OCCO[C@H]2CCCCO2)c(F)c1-c1c(Cl)c(F)cc2c1[C@H](O)[C@@](COC(N)=O)(c1ccccc1)O2. The van der Waals surface area contributed by atoms with Gasteiger partial charge in [0.15, 0.2) is 23.5 Å². The molecule has 1 fully saturated rings. The third-order valence-electron chi connectivity index (χ3n) is 7.18. The number of aliphatic hydroxyl groups is 1. The third-order valence-corrected chi connectivity index (χ3v) is 7.55. The molecule has 0 bridgehead atoms. The summed E-state index contributed by atoms with van der Waals surface area (Å²) in [5, 5.41) is 21.0. The van der Waals surface area contributed by atoms with Crippen molar-refractivity contribution in [3.05, 3.63) is 81.9 Å². The minimum atomic E-state index is -1.79. The van der Waals surface area contributed by atoms with Gasteiger partial charge in [0.05, 0.1) is 23.3 Å². The lowest BCUT2D eigenvalue weighted by molar-refractivity contribution is -0.165. The molecule has 2 aliphatic heterocycles. The number of nitrogens with zero attached hydrogens (tertiary/aromatic N) is 1. The molecule has 0 radical (unpaired) electrons. The Morgan fingerprint density at radius 1 is 1.17 bits per heavy atom. The highest BCUT2D eigenvalue weighted by Gasteiger charge is 2.53. The predicted molar refractivity (Wildman–Crippen MR) is 146 cm³/mol. The molecule has 0 aromatic heterocycles. The van der Waals surface area contributed by atoms with Crippen molar-refractivity contribution in [3.63, 3.8) is 0 Å². The molecule has 5 rings (SSSR count). The number of ether oxygens (including phenoxy) is 5. The van der Waals surface area contributed by atoms with Crippen LogP contribution in [-0.4, -0.2) is 43.9 Å². The molecule has 12 heteroatoms. The minimum absolute atomic E-state index is 0.0373. The first kappa shape index (κ1) is 29.5. The standard InChI is InChI=1S/C30H27ClF2N2O7/c31-26-19(32)14-21-24(28(36)30(42-21,16-41-29(35)37)18-6-2-1-3-7-18)25(26)23-17(15-34)9-10-20(27(23)33)38-12-13-40-22-8-4-5-11-39-22/h1-3,6-7,9-10,14,22,28,36H,4-5,8,11-13,16H2,(H2,35,37)/t22-,28-,30+/m0/s1. The maximum Gasteiger partial charge on any atom is 0.404 e. The van der Waals surface area contributed by atoms with E-state index in [1.807, 2.05) is 6.07 Å². The summed E-state index contributed by atoms with van der Waals surface area (Å²) in [6.07, 6.45) is -0.468. The molecule has 42 heavy (non-hydrogen) atoms. The van der Waals surface area contributed by atoms with Crippen LogP contribution in [0.25, 0.3) is 11.1 Å². The van der Waals surface area contributed by atoms with Crippen molar-refractivity contribution in [1.29, 1.82) is 5.26 Å². The number of fused-ring (bicyclic) bond motifs is 1. The molecular weight excluding hydrogens is 574 g/mol. The van der Waals surface area contributed by atoms with Crippen LogP contribution in [0, 0.1) is 23.0 Å². The molecule has 3 N–H and O–H groups in total. The molecule has 0 aliphatic carbocycles. The molecular formula is C30H27ClF2N2O7. The Bertz CT molecular complexity index is 1510. The summed E-state index contributed by atoms with van der Waals surface area (Å²) in [6.45, 7) is 0.113. The van der Waals surface area contributed by atoms with E-state index in [0.717, 1.165) is 25.3 Å². The van der Waals surface area contributed by atoms with Crippen LogP contribution in [-0.2, 0) is 19.8 Å². The van der Waals surface area contributed by atoms with Crippen LogP contribution in [0.4, 0.5) is 13.6 Å². The van der Waals surface area contributed by atoms with Crippen molar-refractivity contribution in [2.75, 3.05) is 26.4 Å². The Labute approximate surface area is 245 Å². The second kappa shape index (κ2) is 12.5. The van der Waals surface area contributed by atoms with Gasteiger partial charge in [-0.3, -0.25) is 0 Å². The molecule has 1 saturated heterocycles. The number of nitrogens with two attached hydrogens (primary N) is 1. The van der Waals surface area contributed by atoms with E-state index >= 15 is 8.78 Å². The van der Waals surface area contributed by atoms with Crippen LogP contribution in [0.3, 0.4) is 0 Å². The van der Waals surface area contributed by atoms with Gasteiger partial charge in [-0.2, -0.15) is 5.26 Å². The van der Waals surface area contributed by atoms with Crippen molar-refractivity contribution in [1.82, 2.24) is 0 Å². The maximum atomic E-state index is 16.1. The Balaban J connectivity index is 1.55. The summed E-state index contributed by atoms with van der Waals surface area (Å²) >= 11 is 6.41. The number of nitriles is 1. The number of amides is 1. The van der Waals surface area contributed by atoms with E-state index < -0.39 is 46.6 Å². The number of primary amides is 1. The monoisotopic (exact) mass is 600 g/mol. The zero-order chi connectivity index (χ0) is 29.9. The lowest BCUT2D eigenvalue weighted by Crippen LogP contribution is -2.41. The van der Waals surface area contributed by atoms with Crippen LogP contribution in [0.15, 0.2) is 48.5 Å². The van der Waals surface area contributed by atoms with Gasteiger partial charge < -0.3 is 34.5 Å². The van der Waals surface area contributed by atoms with Crippen LogP contribution in [0.5, 0.6) is 11.5 Å². The van der Waals surface area contributed by atoms with E-state index in [1.54, 1.807) is 30.3 Å². The number of aliphatic hydroxyl groups excluding tert-OH is 1. The van der Waals surface area contributed by atoms with Crippen LogP contribution < -0.4 is 15.2 Å². The van der Waals surface area contributed by atoms with Gasteiger partial charge in [0.2, 0.25) is 0 Å². The van der Waals surface area contributed by atoms with Gasteiger partial charge in [0, 0.05) is 34.9 Å². The average Bonchev–Trinajstić information content (AvgIpc) is 3.28. The molecule has 3 aromatic carbocycles. The Kier molecular flexibility index (Phi) is 8.80. The summed E-state index contributed by atoms with van der Waals surface area (Å²) < 4.78 is 59.2. The molecule has 0 saturated carbocycles. The fourth-order valence-corrected chi connectivity index (χ4v) is 5.44. The quantitative estimate of drug-likeness (QED) is 0.308. The smallest absolute Gasteiger partial charge is 0.404 e. The van der Waals surface area contributed by atoms with E-state index in [4.69, 9.17) is 41.0 Å². The first-order valence-electron chi connectivity index (χ1n) is 13.2. The summed E-state index contributed by atoms with van der Waals surface area (Å²) in [6, 6.07) is 13.6. The lowest BCUT2D eigenvalue weighted by atomic mass is 9.83. The number of hydrogen-bond donors (Lipinski definition) is 2. The molecule has 2 aliphatic rings. The highest BCUT2D eigenvalue weighted by Crippen LogP contribution is 2.55. The molecule has 220 valence electrons. The number of carbonyl (C=O) groups is 1. The zero-order valence-corrected chi connectivity index (χ0v) is 23.0. The van der Waals surface area contributed by atoms with Crippen molar-refractivity contribution >= 4 is 17.7 Å². The molecule has 3 atom stereocenters. The molecule has 0 unspecified atom stereocenters. The third kappa shape index (κ3) is 5.58. The normalized spacial score (nSPS) is 21.2. The van der Waals surface area contributed by atoms with E-state index in [-0.39, 0.29) is 47.7 Å². The van der Waals surface area contributed by atoms with Gasteiger partial charge in [-0.25, -0.2) is 13.6 Å². The van der Waals surface area contributed by atoms with Crippen LogP contribution in [0.1, 0.15) is 42.1 Å². The van der Waals surface area contributed by atoms with Gasteiger partial charge in [-0.1, -0.05) is 41.9 Å². The fraction of sp³-hybridized carbons (Fsp3) is 0.333. The number of benzene rings is 3. The van der Waals surface area contributed by atoms with Gasteiger partial charge in [-0.05, 0) is 31.4 Å². The number of carbonyl (C=O) groups excluding carboxylic acids is 1. The largest absolute Gasteiger partial charge is 0.488 e. The summed E-state index contributed by atoms with van der Waals surface area (Å²) in [4.78, 5) is 11.5. The summed E-state index contributed by atoms with van der Waals surface area (Å²) in [5.41, 5.74) is 2.77. The molecule has 0 spiro atoms. The lowest BCUT2D eigenvalue weighted by Gasteiger charge is -2.31. The zero-order valence-electron chi connectivity index (χ0n) is 22.3. The van der Waals surface area contributed by atoms with E-state index in [0.29, 0.717) is 12.2 Å². The fourth-order valence-electron chi connectivity index (χ4n) is 5.19. The second-order valence-electron chi connectivity index (χ2n) is 9.75. The number of halogens is 3. The molecule has 3 aromatic rings. The van der Waals surface area contributed by atoms with Crippen molar-refractivity contribution in [2.24, 2.45) is 5.73 Å².